The number of halogens is 1. The fourth-order valence-electron chi connectivity index (χ4n) is 1.72. The molecule has 0 saturated heterocycles. The smallest absolute Gasteiger partial charge is 0.0197 e. The molecule has 0 N–H and O–H groups in total. The molecule has 2 aromatic rings. The molecule has 0 nitrogen and oxygen atoms in total. The summed E-state index contributed by atoms with van der Waals surface area (Å²) in [5, 5.41) is 2.15. The summed E-state index contributed by atoms with van der Waals surface area (Å²) in [6.07, 6.45) is 3.49. The van der Waals surface area contributed by atoms with Gasteiger partial charge in [-0.15, -0.1) is 11.3 Å². The largest absolute Gasteiger partial charge is 0.149 e. The number of aryl methyl sites for hydroxylation is 1. The van der Waals surface area contributed by atoms with E-state index in [2.05, 4.69) is 63.8 Å². The Bertz CT molecular complexity index is 394. The van der Waals surface area contributed by atoms with Crippen LogP contribution in [0.3, 0.4) is 0 Å². The summed E-state index contributed by atoms with van der Waals surface area (Å²) in [5.41, 5.74) is 1.43. The topological polar surface area (TPSA) is 0 Å². The molecule has 1 atom stereocenters. The Balaban J connectivity index is 1.78. The van der Waals surface area contributed by atoms with Gasteiger partial charge in [-0.1, -0.05) is 52.3 Å². The predicted molar refractivity (Wildman–Crippen MR) is 75.5 cm³/mol. The Morgan fingerprint density at radius 3 is 2.56 bits per heavy atom. The highest BCUT2D eigenvalue weighted by Crippen LogP contribution is 2.19. The fraction of sp³-hybridized carbons (Fsp3) is 0.286. The maximum absolute atomic E-state index is 3.76. The van der Waals surface area contributed by atoms with E-state index in [-0.39, 0.29) is 0 Å². The maximum atomic E-state index is 3.76. The first-order valence-electron chi connectivity index (χ1n) is 5.55. The lowest BCUT2D eigenvalue weighted by atomic mass is 10.1. The van der Waals surface area contributed by atoms with Crippen LogP contribution in [0.25, 0.3) is 0 Å². The Morgan fingerprint density at radius 2 is 1.88 bits per heavy atom. The molecule has 0 amide bonds. The van der Waals surface area contributed by atoms with Crippen molar-refractivity contribution < 1.29 is 0 Å². The van der Waals surface area contributed by atoms with E-state index >= 15 is 0 Å². The zero-order chi connectivity index (χ0) is 11.2. The molecular formula is C14H15BrS. The van der Waals surface area contributed by atoms with Gasteiger partial charge in [0.2, 0.25) is 0 Å². The highest BCUT2D eigenvalue weighted by atomic mass is 79.9. The molecule has 1 aromatic heterocycles. The fourth-order valence-corrected chi connectivity index (χ4v) is 3.30. The van der Waals surface area contributed by atoms with E-state index in [4.69, 9.17) is 0 Å². The van der Waals surface area contributed by atoms with E-state index in [9.17, 15) is 0 Å². The molecule has 0 saturated carbocycles. The molecule has 0 spiro atoms. The zero-order valence-electron chi connectivity index (χ0n) is 9.10. The number of hydrogen-bond donors (Lipinski definition) is 0. The normalized spacial score (nSPS) is 12.6. The van der Waals surface area contributed by atoms with Crippen LogP contribution in [0.4, 0.5) is 0 Å². The molecule has 1 unspecified atom stereocenters. The number of benzene rings is 1. The molecule has 0 aliphatic heterocycles. The lowest BCUT2D eigenvalue weighted by molar-refractivity contribution is 0.769. The summed E-state index contributed by atoms with van der Waals surface area (Å²) in [6.45, 7) is 0. The minimum atomic E-state index is 0.589. The van der Waals surface area contributed by atoms with Gasteiger partial charge in [-0.3, -0.25) is 0 Å². The van der Waals surface area contributed by atoms with Crippen LogP contribution in [-0.2, 0) is 12.8 Å². The van der Waals surface area contributed by atoms with Crippen molar-refractivity contribution in [1.82, 2.24) is 0 Å². The van der Waals surface area contributed by atoms with Crippen molar-refractivity contribution in [2.45, 2.75) is 24.1 Å². The number of rotatable bonds is 5. The molecule has 1 heterocycles. The van der Waals surface area contributed by atoms with E-state index in [1.807, 2.05) is 11.3 Å². The molecule has 0 aliphatic carbocycles. The van der Waals surface area contributed by atoms with Crippen LogP contribution >= 0.6 is 27.3 Å². The minimum Gasteiger partial charge on any atom is -0.149 e. The van der Waals surface area contributed by atoms with Crippen LogP contribution in [0.1, 0.15) is 16.9 Å². The van der Waals surface area contributed by atoms with Crippen LogP contribution in [0.2, 0.25) is 0 Å². The van der Waals surface area contributed by atoms with Gasteiger partial charge in [0.05, 0.1) is 0 Å². The van der Waals surface area contributed by atoms with Gasteiger partial charge < -0.3 is 0 Å². The lowest BCUT2D eigenvalue weighted by Crippen LogP contribution is -2.03. The van der Waals surface area contributed by atoms with Crippen molar-refractivity contribution in [1.29, 1.82) is 0 Å². The standard InChI is InChI=1S/C14H15BrS/c15-13(11-14-7-4-10-16-14)9-8-12-5-2-1-3-6-12/h1-7,10,13H,8-9,11H2. The van der Waals surface area contributed by atoms with Crippen molar-refractivity contribution in [2.75, 3.05) is 0 Å². The van der Waals surface area contributed by atoms with Gasteiger partial charge in [0.25, 0.3) is 0 Å². The lowest BCUT2D eigenvalue weighted by Gasteiger charge is -2.08. The first-order valence-corrected chi connectivity index (χ1v) is 7.34. The van der Waals surface area contributed by atoms with Crippen molar-refractivity contribution in [3.05, 3.63) is 58.3 Å². The summed E-state index contributed by atoms with van der Waals surface area (Å²) >= 11 is 5.61. The van der Waals surface area contributed by atoms with E-state index in [0.29, 0.717) is 4.83 Å². The van der Waals surface area contributed by atoms with E-state index in [1.165, 1.54) is 16.9 Å². The number of thiophene rings is 1. The van der Waals surface area contributed by atoms with Gasteiger partial charge in [-0.2, -0.15) is 0 Å². The molecule has 16 heavy (non-hydrogen) atoms. The Kier molecular flexibility index (Phi) is 4.61. The van der Waals surface area contributed by atoms with Gasteiger partial charge in [0.1, 0.15) is 0 Å². The first-order chi connectivity index (χ1) is 7.84. The molecule has 84 valence electrons. The summed E-state index contributed by atoms with van der Waals surface area (Å²) in [7, 11) is 0. The van der Waals surface area contributed by atoms with Crippen molar-refractivity contribution in [2.24, 2.45) is 0 Å². The average Bonchev–Trinajstić information content (AvgIpc) is 2.81. The van der Waals surface area contributed by atoms with Gasteiger partial charge >= 0.3 is 0 Å². The zero-order valence-corrected chi connectivity index (χ0v) is 11.5. The second kappa shape index (κ2) is 6.21. The van der Waals surface area contributed by atoms with Gasteiger partial charge in [-0.05, 0) is 36.3 Å². The second-order valence-corrected chi connectivity index (χ2v) is 6.23. The van der Waals surface area contributed by atoms with E-state index < -0.39 is 0 Å². The van der Waals surface area contributed by atoms with Gasteiger partial charge in [0.15, 0.2) is 0 Å². The van der Waals surface area contributed by atoms with Crippen molar-refractivity contribution in [3.8, 4) is 0 Å². The highest BCUT2D eigenvalue weighted by Gasteiger charge is 2.06. The van der Waals surface area contributed by atoms with E-state index in [1.54, 1.807) is 0 Å². The maximum Gasteiger partial charge on any atom is 0.0197 e. The first kappa shape index (κ1) is 11.9. The van der Waals surface area contributed by atoms with Crippen LogP contribution in [-0.4, -0.2) is 4.83 Å². The monoisotopic (exact) mass is 294 g/mol. The summed E-state index contributed by atoms with van der Waals surface area (Å²) in [4.78, 5) is 2.06. The molecule has 0 fully saturated rings. The summed E-state index contributed by atoms with van der Waals surface area (Å²) in [5.74, 6) is 0. The Labute approximate surface area is 109 Å². The van der Waals surface area contributed by atoms with Crippen LogP contribution in [0.5, 0.6) is 0 Å². The highest BCUT2D eigenvalue weighted by molar-refractivity contribution is 9.09. The molecule has 1 aromatic carbocycles. The van der Waals surface area contributed by atoms with Crippen LogP contribution < -0.4 is 0 Å². The minimum absolute atomic E-state index is 0.589. The SMILES string of the molecule is BrC(CCc1ccccc1)Cc1cccs1. The molecule has 2 rings (SSSR count). The van der Waals surface area contributed by atoms with Gasteiger partial charge in [-0.25, -0.2) is 0 Å². The third kappa shape index (κ3) is 3.76. The predicted octanol–water partition coefficient (Wildman–Crippen LogP) is 4.69. The van der Waals surface area contributed by atoms with E-state index in [0.717, 1.165) is 12.8 Å². The molecule has 0 aliphatic rings. The Hall–Kier alpha value is -0.600. The molecule has 0 bridgehead atoms. The third-order valence-corrected chi connectivity index (χ3v) is 4.27. The van der Waals surface area contributed by atoms with Crippen molar-refractivity contribution in [3.63, 3.8) is 0 Å². The Morgan fingerprint density at radius 1 is 1.06 bits per heavy atom. The number of alkyl halides is 1. The number of hydrogen-bond acceptors (Lipinski definition) is 1. The molecule has 0 radical (unpaired) electrons. The van der Waals surface area contributed by atoms with Crippen molar-refractivity contribution >= 4 is 27.3 Å². The average molecular weight is 295 g/mol. The quantitative estimate of drug-likeness (QED) is 0.702. The van der Waals surface area contributed by atoms with Crippen LogP contribution in [0, 0.1) is 0 Å². The molecule has 2 heteroatoms. The van der Waals surface area contributed by atoms with Gasteiger partial charge in [0, 0.05) is 9.70 Å². The summed E-state index contributed by atoms with van der Waals surface area (Å²) < 4.78 is 0. The third-order valence-electron chi connectivity index (χ3n) is 2.59. The molecular weight excluding hydrogens is 280 g/mol. The second-order valence-electron chi connectivity index (χ2n) is 3.91. The van der Waals surface area contributed by atoms with Crippen LogP contribution in [0.15, 0.2) is 47.8 Å². The summed E-state index contributed by atoms with van der Waals surface area (Å²) in [6, 6.07) is 15.0.